The molecule has 0 saturated carbocycles. The molecule has 3 rings (SSSR count). The van der Waals surface area contributed by atoms with E-state index in [9.17, 15) is 18.0 Å². The number of alkyl halides is 3. The van der Waals surface area contributed by atoms with Gasteiger partial charge in [0.2, 0.25) is 0 Å². The number of hydrogen-bond acceptors (Lipinski definition) is 5. The Morgan fingerprint density at radius 1 is 1.27 bits per heavy atom. The highest BCUT2D eigenvalue weighted by molar-refractivity contribution is 7.16. The Kier molecular flexibility index (Phi) is 3.83. The summed E-state index contributed by atoms with van der Waals surface area (Å²) in [7, 11) is 0. The summed E-state index contributed by atoms with van der Waals surface area (Å²) < 4.78 is 38.2. The Morgan fingerprint density at radius 3 is 2.82 bits per heavy atom. The Balaban J connectivity index is 1.68. The summed E-state index contributed by atoms with van der Waals surface area (Å²) in [5.74, 6) is -0.362. The van der Waals surface area contributed by atoms with Crippen LogP contribution in [0.3, 0.4) is 0 Å². The topological polar surface area (TPSA) is 54.9 Å². The molecule has 0 radical (unpaired) electrons. The summed E-state index contributed by atoms with van der Waals surface area (Å²) in [5, 5.41) is 3.71. The molecule has 0 aliphatic rings. The Bertz CT molecular complexity index is 825. The van der Waals surface area contributed by atoms with E-state index in [1.807, 2.05) is 0 Å². The number of benzene rings is 1. The molecule has 0 unspecified atom stereocenters. The Labute approximate surface area is 130 Å². The summed E-state index contributed by atoms with van der Waals surface area (Å²) in [4.78, 5) is 19.6. The zero-order valence-electron chi connectivity index (χ0n) is 10.8. The van der Waals surface area contributed by atoms with Crippen LogP contribution in [-0.4, -0.2) is 15.9 Å². The Morgan fingerprint density at radius 2 is 2.09 bits per heavy atom. The van der Waals surface area contributed by atoms with E-state index in [1.165, 1.54) is 11.3 Å². The number of rotatable bonds is 3. The number of hydrogen-bond donors (Lipinski definition) is 1. The third kappa shape index (κ3) is 3.09. The largest absolute Gasteiger partial charge is 0.434 e. The summed E-state index contributed by atoms with van der Waals surface area (Å²) >= 11 is 2.28. The molecule has 2 heterocycles. The first-order valence-electron chi connectivity index (χ1n) is 6.06. The zero-order chi connectivity index (χ0) is 15.7. The van der Waals surface area contributed by atoms with E-state index in [-0.39, 0.29) is 17.5 Å². The van der Waals surface area contributed by atoms with E-state index >= 15 is 0 Å². The number of carbonyl (C=O) groups excluding carboxylic acids is 1. The molecule has 4 nitrogen and oxygen atoms in total. The van der Waals surface area contributed by atoms with Crippen molar-refractivity contribution < 1.29 is 18.0 Å². The average molecular weight is 343 g/mol. The molecule has 2 aromatic heterocycles. The van der Waals surface area contributed by atoms with Gasteiger partial charge in [0.05, 0.1) is 22.3 Å². The molecule has 1 N–H and O–H groups in total. The standard InChI is InChI=1S/C13H8F3N3OS2/c14-13(15,16)10-5-21-11(19-10)4-17-12(20)7-1-2-8-9(3-7)22-6-18-8/h1-3,5-6H,4H2,(H,17,20). The van der Waals surface area contributed by atoms with Gasteiger partial charge >= 0.3 is 6.18 Å². The maximum absolute atomic E-state index is 12.4. The van der Waals surface area contributed by atoms with Gasteiger partial charge in [0.25, 0.3) is 5.91 Å². The minimum Gasteiger partial charge on any atom is -0.346 e. The summed E-state index contributed by atoms with van der Waals surface area (Å²) in [5.41, 5.74) is 1.98. The van der Waals surface area contributed by atoms with Gasteiger partial charge < -0.3 is 5.32 Å². The second-order valence-electron chi connectivity index (χ2n) is 4.34. The molecule has 1 aromatic carbocycles. The van der Waals surface area contributed by atoms with Crippen LogP contribution in [0.15, 0.2) is 29.1 Å². The molecule has 0 spiro atoms. The molecule has 0 saturated heterocycles. The number of amides is 1. The van der Waals surface area contributed by atoms with E-state index in [1.54, 1.807) is 23.7 Å². The van der Waals surface area contributed by atoms with Gasteiger partial charge in [-0.3, -0.25) is 4.79 Å². The van der Waals surface area contributed by atoms with Crippen molar-refractivity contribution in [2.75, 3.05) is 0 Å². The van der Waals surface area contributed by atoms with Crippen LogP contribution in [-0.2, 0) is 12.7 Å². The molecule has 0 fully saturated rings. The van der Waals surface area contributed by atoms with Crippen LogP contribution >= 0.6 is 22.7 Å². The number of carbonyl (C=O) groups is 1. The first-order valence-corrected chi connectivity index (χ1v) is 7.82. The van der Waals surface area contributed by atoms with Crippen molar-refractivity contribution in [1.82, 2.24) is 15.3 Å². The van der Waals surface area contributed by atoms with Crippen LogP contribution in [0.5, 0.6) is 0 Å². The second kappa shape index (κ2) is 5.65. The van der Waals surface area contributed by atoms with Crippen molar-refractivity contribution in [3.8, 4) is 0 Å². The number of nitrogens with one attached hydrogen (secondary N) is 1. The average Bonchev–Trinajstić information content (AvgIpc) is 3.12. The summed E-state index contributed by atoms with van der Waals surface area (Å²) in [6.45, 7) is -0.0414. The maximum Gasteiger partial charge on any atom is 0.434 e. The summed E-state index contributed by atoms with van der Waals surface area (Å²) in [6.07, 6.45) is -4.46. The molecule has 22 heavy (non-hydrogen) atoms. The lowest BCUT2D eigenvalue weighted by atomic mass is 10.2. The molecule has 0 aliphatic carbocycles. The van der Waals surface area contributed by atoms with Gasteiger partial charge in [0, 0.05) is 10.9 Å². The lowest BCUT2D eigenvalue weighted by molar-refractivity contribution is -0.140. The smallest absolute Gasteiger partial charge is 0.346 e. The van der Waals surface area contributed by atoms with E-state index in [4.69, 9.17) is 0 Å². The first-order chi connectivity index (χ1) is 10.4. The van der Waals surface area contributed by atoms with Crippen LogP contribution in [0, 0.1) is 0 Å². The van der Waals surface area contributed by atoms with Gasteiger partial charge in [-0.05, 0) is 18.2 Å². The van der Waals surface area contributed by atoms with E-state index in [0.717, 1.165) is 26.9 Å². The fraction of sp³-hybridized carbons (Fsp3) is 0.154. The first kappa shape index (κ1) is 14.9. The molecular formula is C13H8F3N3OS2. The third-order valence-electron chi connectivity index (χ3n) is 2.84. The van der Waals surface area contributed by atoms with Crippen LogP contribution in [0.4, 0.5) is 13.2 Å². The number of aromatic nitrogens is 2. The van der Waals surface area contributed by atoms with Crippen molar-refractivity contribution >= 4 is 38.8 Å². The highest BCUT2D eigenvalue weighted by Gasteiger charge is 2.33. The molecule has 1 amide bonds. The van der Waals surface area contributed by atoms with Gasteiger partial charge in [-0.25, -0.2) is 9.97 Å². The van der Waals surface area contributed by atoms with Gasteiger partial charge in [-0.15, -0.1) is 22.7 Å². The lowest BCUT2D eigenvalue weighted by Crippen LogP contribution is -2.22. The van der Waals surface area contributed by atoms with E-state index in [0.29, 0.717) is 5.56 Å². The summed E-state index contributed by atoms with van der Waals surface area (Å²) in [6, 6.07) is 5.05. The monoisotopic (exact) mass is 343 g/mol. The Hall–Kier alpha value is -2.00. The highest BCUT2D eigenvalue weighted by Crippen LogP contribution is 2.30. The predicted octanol–water partition coefficient (Wildman–Crippen LogP) is 3.70. The van der Waals surface area contributed by atoms with Crippen LogP contribution < -0.4 is 5.32 Å². The number of nitrogens with zero attached hydrogens (tertiary/aromatic N) is 2. The fourth-order valence-electron chi connectivity index (χ4n) is 1.78. The maximum atomic E-state index is 12.4. The fourth-order valence-corrected chi connectivity index (χ4v) is 3.23. The second-order valence-corrected chi connectivity index (χ2v) is 6.17. The molecular weight excluding hydrogens is 335 g/mol. The predicted molar refractivity (Wildman–Crippen MR) is 77.9 cm³/mol. The molecule has 9 heteroatoms. The van der Waals surface area contributed by atoms with Crippen molar-refractivity contribution in [3.63, 3.8) is 0 Å². The quantitative estimate of drug-likeness (QED) is 0.789. The van der Waals surface area contributed by atoms with Crippen molar-refractivity contribution in [1.29, 1.82) is 0 Å². The van der Waals surface area contributed by atoms with Crippen molar-refractivity contribution in [3.05, 3.63) is 45.4 Å². The van der Waals surface area contributed by atoms with Gasteiger partial charge in [0.15, 0.2) is 5.69 Å². The molecule has 0 aliphatic heterocycles. The molecule has 0 bridgehead atoms. The normalized spacial score (nSPS) is 11.8. The van der Waals surface area contributed by atoms with Crippen molar-refractivity contribution in [2.24, 2.45) is 0 Å². The van der Waals surface area contributed by atoms with E-state index in [2.05, 4.69) is 15.3 Å². The highest BCUT2D eigenvalue weighted by atomic mass is 32.1. The molecule has 0 atom stereocenters. The molecule has 3 aromatic rings. The van der Waals surface area contributed by atoms with Crippen LogP contribution in [0.25, 0.3) is 10.2 Å². The number of fused-ring (bicyclic) bond motifs is 1. The minimum atomic E-state index is -4.46. The van der Waals surface area contributed by atoms with Gasteiger partial charge in [0.1, 0.15) is 5.01 Å². The molecule has 114 valence electrons. The van der Waals surface area contributed by atoms with Crippen molar-refractivity contribution in [2.45, 2.75) is 12.7 Å². The lowest BCUT2D eigenvalue weighted by Gasteiger charge is -2.03. The zero-order valence-corrected chi connectivity index (χ0v) is 12.5. The minimum absolute atomic E-state index is 0.0414. The van der Waals surface area contributed by atoms with Gasteiger partial charge in [-0.2, -0.15) is 13.2 Å². The van der Waals surface area contributed by atoms with Crippen LogP contribution in [0.1, 0.15) is 21.1 Å². The number of halogens is 3. The SMILES string of the molecule is O=C(NCc1nc(C(F)(F)F)cs1)c1ccc2ncsc2c1. The van der Waals surface area contributed by atoms with Crippen LogP contribution in [0.2, 0.25) is 0 Å². The number of thiazole rings is 2. The van der Waals surface area contributed by atoms with Gasteiger partial charge in [-0.1, -0.05) is 0 Å². The van der Waals surface area contributed by atoms with E-state index < -0.39 is 11.9 Å². The third-order valence-corrected chi connectivity index (χ3v) is 4.48.